The van der Waals surface area contributed by atoms with Crippen molar-refractivity contribution in [3.8, 4) is 22.4 Å². The molecule has 2 nitrogen and oxygen atoms in total. The maximum atomic E-state index is 6.45. The van der Waals surface area contributed by atoms with Crippen molar-refractivity contribution in [2.45, 2.75) is 33.6 Å². The maximum Gasteiger partial charge on any atom is 0.212 e. The molecule has 31 heavy (non-hydrogen) atoms. The quantitative estimate of drug-likeness (QED) is 0.284. The number of hydrogen-bond acceptors (Lipinski definition) is 1. The summed E-state index contributed by atoms with van der Waals surface area (Å²) in [6.07, 6.45) is 2.17. The molecule has 2 aromatic heterocycles. The van der Waals surface area contributed by atoms with Gasteiger partial charge in [-0.25, -0.2) is 4.57 Å². The lowest BCUT2D eigenvalue weighted by molar-refractivity contribution is -0.660. The Morgan fingerprint density at radius 3 is 2.35 bits per heavy atom. The zero-order chi connectivity index (χ0) is 21.7. The molecule has 0 saturated carbocycles. The molecule has 0 atom stereocenters. The van der Waals surface area contributed by atoms with E-state index in [2.05, 4.69) is 112 Å². The van der Waals surface area contributed by atoms with Gasteiger partial charge >= 0.3 is 0 Å². The van der Waals surface area contributed by atoms with Crippen molar-refractivity contribution < 1.29 is 8.98 Å². The van der Waals surface area contributed by atoms with Gasteiger partial charge in [0.15, 0.2) is 6.20 Å². The monoisotopic (exact) mass is 406 g/mol. The maximum absolute atomic E-state index is 6.45. The normalized spacial score (nSPS) is 11.7. The summed E-state index contributed by atoms with van der Waals surface area (Å²) in [5.74, 6) is 0.495. The van der Waals surface area contributed by atoms with Crippen LogP contribution in [0.25, 0.3) is 44.3 Å². The number of aryl methyl sites for hydroxylation is 3. The van der Waals surface area contributed by atoms with Gasteiger partial charge in [0.1, 0.15) is 18.2 Å². The molecule has 0 aliphatic rings. The summed E-state index contributed by atoms with van der Waals surface area (Å²) in [6.45, 7) is 8.87. The fourth-order valence-corrected chi connectivity index (χ4v) is 4.61. The number of nitrogens with zero attached hydrogens (tertiary/aromatic N) is 1. The summed E-state index contributed by atoms with van der Waals surface area (Å²) in [7, 11) is 2.12. The van der Waals surface area contributed by atoms with E-state index in [-0.39, 0.29) is 0 Å². The van der Waals surface area contributed by atoms with Crippen LogP contribution in [0.4, 0.5) is 0 Å². The first kappa shape index (κ1) is 19.6. The Morgan fingerprint density at radius 1 is 0.839 bits per heavy atom. The zero-order valence-corrected chi connectivity index (χ0v) is 18.9. The van der Waals surface area contributed by atoms with Gasteiger partial charge in [0.2, 0.25) is 5.69 Å². The molecule has 2 heteroatoms. The van der Waals surface area contributed by atoms with E-state index in [4.69, 9.17) is 4.42 Å². The molecule has 0 saturated heterocycles. The van der Waals surface area contributed by atoms with Crippen molar-refractivity contribution in [2.24, 2.45) is 7.05 Å². The second kappa shape index (κ2) is 7.39. The van der Waals surface area contributed by atoms with E-state index in [1.807, 2.05) is 0 Å². The van der Waals surface area contributed by atoms with Crippen LogP contribution in [0.2, 0.25) is 0 Å². The Hall–Kier alpha value is -3.39. The fourth-order valence-electron chi connectivity index (χ4n) is 4.61. The van der Waals surface area contributed by atoms with Gasteiger partial charge in [-0.2, -0.15) is 0 Å². The molecule has 0 N–H and O–H groups in total. The Morgan fingerprint density at radius 2 is 1.61 bits per heavy atom. The molecule has 0 aliphatic heterocycles. The van der Waals surface area contributed by atoms with Crippen LogP contribution in [0, 0.1) is 13.8 Å². The summed E-state index contributed by atoms with van der Waals surface area (Å²) in [5, 5.41) is 2.40. The molecular weight excluding hydrogens is 378 g/mol. The topological polar surface area (TPSA) is 17.0 Å². The molecular formula is C29H28NO+. The number of pyridine rings is 1. The summed E-state index contributed by atoms with van der Waals surface area (Å²) < 4.78 is 8.66. The molecule has 0 amide bonds. The van der Waals surface area contributed by atoms with Crippen molar-refractivity contribution in [1.29, 1.82) is 0 Å². The Balaban J connectivity index is 1.81. The average molecular weight is 407 g/mol. The summed E-state index contributed by atoms with van der Waals surface area (Å²) in [6, 6.07) is 23.9. The van der Waals surface area contributed by atoms with Gasteiger partial charge in [0.05, 0.1) is 0 Å². The van der Waals surface area contributed by atoms with Crippen molar-refractivity contribution >= 4 is 21.9 Å². The minimum absolute atomic E-state index is 0.495. The third-order valence-corrected chi connectivity index (χ3v) is 6.34. The first-order valence-electron chi connectivity index (χ1n) is 11.0. The molecule has 0 unspecified atom stereocenters. The minimum Gasteiger partial charge on any atom is -0.455 e. The van der Waals surface area contributed by atoms with Crippen LogP contribution >= 0.6 is 0 Å². The number of benzene rings is 3. The Labute approximate surface area is 183 Å². The van der Waals surface area contributed by atoms with Crippen molar-refractivity contribution in [2.75, 3.05) is 0 Å². The Bertz CT molecular complexity index is 1420. The van der Waals surface area contributed by atoms with Crippen LogP contribution in [0.5, 0.6) is 0 Å². The van der Waals surface area contributed by atoms with E-state index in [0.717, 1.165) is 16.7 Å². The molecule has 0 fully saturated rings. The largest absolute Gasteiger partial charge is 0.455 e. The molecule has 0 spiro atoms. The first-order chi connectivity index (χ1) is 14.9. The number of rotatable bonds is 3. The number of aromatic nitrogens is 1. The van der Waals surface area contributed by atoms with Crippen LogP contribution in [-0.4, -0.2) is 0 Å². The second-order valence-electron chi connectivity index (χ2n) is 8.88. The standard InChI is InChI=1S/C29H28NO/c1-18(2)22-13-14-30(5)26(17-22)23-11-12-27-28(20(23)4)25-16-19(3)15-24(29(25)31-27)21-9-7-6-8-10-21/h6-18H,1-5H3/q+1. The molecule has 5 aromatic rings. The molecule has 154 valence electrons. The molecule has 2 heterocycles. The van der Waals surface area contributed by atoms with Gasteiger partial charge in [-0.15, -0.1) is 0 Å². The van der Waals surface area contributed by atoms with Gasteiger partial charge in [0.25, 0.3) is 0 Å². The smallest absolute Gasteiger partial charge is 0.212 e. The highest BCUT2D eigenvalue weighted by molar-refractivity contribution is 6.12. The second-order valence-corrected chi connectivity index (χ2v) is 8.88. The van der Waals surface area contributed by atoms with Crippen molar-refractivity contribution in [3.63, 3.8) is 0 Å². The van der Waals surface area contributed by atoms with E-state index < -0.39 is 0 Å². The van der Waals surface area contributed by atoms with Crippen LogP contribution in [0.3, 0.4) is 0 Å². The lowest BCUT2D eigenvalue weighted by Gasteiger charge is -2.09. The average Bonchev–Trinajstić information content (AvgIpc) is 3.13. The number of hydrogen-bond donors (Lipinski definition) is 0. The zero-order valence-electron chi connectivity index (χ0n) is 18.9. The van der Waals surface area contributed by atoms with Gasteiger partial charge < -0.3 is 4.42 Å². The third-order valence-electron chi connectivity index (χ3n) is 6.34. The molecule has 0 bridgehead atoms. The predicted octanol–water partition coefficient (Wildman–Crippen LogP) is 7.48. The Kier molecular flexibility index (Phi) is 4.66. The molecule has 0 aliphatic carbocycles. The van der Waals surface area contributed by atoms with E-state index in [1.54, 1.807) is 0 Å². The number of fused-ring (bicyclic) bond motifs is 3. The predicted molar refractivity (Wildman–Crippen MR) is 129 cm³/mol. The van der Waals surface area contributed by atoms with Crippen LogP contribution in [-0.2, 0) is 7.05 Å². The van der Waals surface area contributed by atoms with E-state index in [1.165, 1.54) is 44.3 Å². The summed E-state index contributed by atoms with van der Waals surface area (Å²) >= 11 is 0. The first-order valence-corrected chi connectivity index (χ1v) is 11.0. The van der Waals surface area contributed by atoms with Crippen molar-refractivity contribution in [3.05, 3.63) is 89.6 Å². The lowest BCUT2D eigenvalue weighted by Crippen LogP contribution is -2.30. The molecule has 0 radical (unpaired) electrons. The summed E-state index contributed by atoms with van der Waals surface area (Å²) in [5.41, 5.74) is 10.6. The van der Waals surface area contributed by atoms with E-state index in [0.29, 0.717) is 5.92 Å². The van der Waals surface area contributed by atoms with Crippen LogP contribution < -0.4 is 4.57 Å². The van der Waals surface area contributed by atoms with Gasteiger partial charge in [0, 0.05) is 34.0 Å². The highest BCUT2D eigenvalue weighted by atomic mass is 16.3. The minimum atomic E-state index is 0.495. The van der Waals surface area contributed by atoms with Gasteiger partial charge in [-0.05, 0) is 66.3 Å². The lowest BCUT2D eigenvalue weighted by atomic mass is 9.94. The third kappa shape index (κ3) is 3.23. The number of furan rings is 1. The van der Waals surface area contributed by atoms with Gasteiger partial charge in [-0.1, -0.05) is 44.2 Å². The fraction of sp³-hybridized carbons (Fsp3) is 0.207. The van der Waals surface area contributed by atoms with Crippen molar-refractivity contribution in [1.82, 2.24) is 0 Å². The molecule has 3 aromatic carbocycles. The highest BCUT2D eigenvalue weighted by Crippen LogP contribution is 2.40. The van der Waals surface area contributed by atoms with Crippen LogP contribution in [0.1, 0.15) is 36.5 Å². The SMILES string of the molecule is Cc1cc(-c2ccccc2)c2oc3ccc(-c4cc(C(C)C)cc[n+]4C)c(C)c3c2c1. The summed E-state index contributed by atoms with van der Waals surface area (Å²) in [4.78, 5) is 0. The van der Waals surface area contributed by atoms with Crippen LogP contribution in [0.15, 0.2) is 77.3 Å². The van der Waals surface area contributed by atoms with Gasteiger partial charge in [-0.3, -0.25) is 0 Å². The van der Waals surface area contributed by atoms with E-state index in [9.17, 15) is 0 Å². The van der Waals surface area contributed by atoms with E-state index >= 15 is 0 Å². The highest BCUT2D eigenvalue weighted by Gasteiger charge is 2.20. The molecule has 5 rings (SSSR count).